The fourth-order valence-electron chi connectivity index (χ4n) is 3.48. The summed E-state index contributed by atoms with van der Waals surface area (Å²) in [6.45, 7) is 0. The number of ether oxygens (including phenoxy) is 1. The molecule has 2 fully saturated rings. The first kappa shape index (κ1) is 10.3. The Labute approximate surface area is 106 Å². The van der Waals surface area contributed by atoms with Crippen molar-refractivity contribution in [1.82, 2.24) is 9.97 Å². The number of aryl methyl sites for hydroxylation is 1. The third-order valence-electron chi connectivity index (χ3n) is 4.34. The number of aromatic nitrogens is 2. The third kappa shape index (κ3) is 1.52. The molecular weight excluding hydrogens is 236 g/mol. The molecule has 1 aliphatic carbocycles. The van der Waals surface area contributed by atoms with Crippen LogP contribution in [0.3, 0.4) is 0 Å². The molecule has 0 spiro atoms. The molecule has 3 heterocycles. The fourth-order valence-corrected chi connectivity index (χ4v) is 3.77. The van der Waals surface area contributed by atoms with Gasteiger partial charge < -0.3 is 4.74 Å². The summed E-state index contributed by atoms with van der Waals surface area (Å²) in [5.41, 5.74) is 2.36. The minimum atomic E-state index is 0.343. The number of hydrogen-bond donors (Lipinski definition) is 0. The minimum absolute atomic E-state index is 0.343. The monoisotopic (exact) mass is 250 g/mol. The first-order chi connectivity index (χ1) is 8.31. The Morgan fingerprint density at radius 1 is 1.18 bits per heavy atom. The van der Waals surface area contributed by atoms with Crippen LogP contribution in [-0.2, 0) is 17.6 Å². The van der Waals surface area contributed by atoms with Crippen LogP contribution in [0.5, 0.6) is 0 Å². The van der Waals surface area contributed by atoms with E-state index in [2.05, 4.69) is 4.98 Å². The topological polar surface area (TPSA) is 35.0 Å². The van der Waals surface area contributed by atoms with Crippen LogP contribution in [0.15, 0.2) is 0 Å². The van der Waals surface area contributed by atoms with E-state index in [1.54, 1.807) is 0 Å². The molecule has 0 amide bonds. The van der Waals surface area contributed by atoms with Gasteiger partial charge >= 0.3 is 0 Å². The van der Waals surface area contributed by atoms with Crippen LogP contribution in [0.25, 0.3) is 0 Å². The van der Waals surface area contributed by atoms with Crippen molar-refractivity contribution in [2.75, 3.05) is 0 Å². The van der Waals surface area contributed by atoms with Crippen LogP contribution in [0.1, 0.15) is 48.7 Å². The van der Waals surface area contributed by atoms with Gasteiger partial charge in [-0.15, -0.1) is 0 Å². The van der Waals surface area contributed by atoms with Gasteiger partial charge in [0.1, 0.15) is 11.0 Å². The van der Waals surface area contributed by atoms with Gasteiger partial charge in [0.2, 0.25) is 0 Å². The van der Waals surface area contributed by atoms with E-state index in [0.29, 0.717) is 23.3 Å². The Hall–Kier alpha value is -0.670. The highest BCUT2D eigenvalue weighted by molar-refractivity contribution is 6.30. The first-order valence-corrected chi connectivity index (χ1v) is 6.89. The molecule has 0 radical (unpaired) electrons. The lowest BCUT2D eigenvalue weighted by Crippen LogP contribution is -2.18. The van der Waals surface area contributed by atoms with Gasteiger partial charge in [0, 0.05) is 17.2 Å². The fraction of sp³-hybridized carbons (Fsp3) is 0.692. The lowest BCUT2D eigenvalue weighted by molar-refractivity contribution is 0.0998. The Morgan fingerprint density at radius 3 is 2.88 bits per heavy atom. The maximum absolute atomic E-state index is 6.26. The average molecular weight is 251 g/mol. The third-order valence-corrected chi connectivity index (χ3v) is 4.65. The van der Waals surface area contributed by atoms with Crippen molar-refractivity contribution in [3.05, 3.63) is 22.2 Å². The van der Waals surface area contributed by atoms with Gasteiger partial charge in [-0.3, -0.25) is 0 Å². The zero-order valence-electron chi connectivity index (χ0n) is 9.66. The molecule has 4 heteroatoms. The summed E-state index contributed by atoms with van der Waals surface area (Å²) in [4.78, 5) is 9.26. The second-order valence-corrected chi connectivity index (χ2v) is 5.73. The smallest absolute Gasteiger partial charge is 0.136 e. The van der Waals surface area contributed by atoms with Crippen LogP contribution in [0, 0.1) is 0 Å². The van der Waals surface area contributed by atoms with E-state index in [1.807, 2.05) is 0 Å². The number of rotatable bonds is 1. The summed E-state index contributed by atoms with van der Waals surface area (Å²) in [5.74, 6) is 1.32. The van der Waals surface area contributed by atoms with E-state index in [1.165, 1.54) is 24.1 Å². The van der Waals surface area contributed by atoms with Gasteiger partial charge in [0.25, 0.3) is 0 Å². The zero-order valence-corrected chi connectivity index (χ0v) is 10.4. The SMILES string of the molecule is Clc1nc(C2CC3CCC2O3)nc2c1CCC2. The summed E-state index contributed by atoms with van der Waals surface area (Å²) in [5, 5.41) is 0.685. The van der Waals surface area contributed by atoms with Crippen molar-refractivity contribution < 1.29 is 4.74 Å². The number of halogens is 1. The minimum Gasteiger partial charge on any atom is -0.374 e. The highest BCUT2D eigenvalue weighted by Crippen LogP contribution is 2.44. The second kappa shape index (κ2) is 3.66. The molecule has 3 aliphatic rings. The summed E-state index contributed by atoms with van der Waals surface area (Å²) in [7, 11) is 0. The largest absolute Gasteiger partial charge is 0.374 e. The van der Waals surface area contributed by atoms with Crippen LogP contribution in [-0.4, -0.2) is 22.2 Å². The number of fused-ring (bicyclic) bond motifs is 3. The Bertz CT molecular complexity index is 477. The Kier molecular flexibility index (Phi) is 2.21. The molecule has 4 rings (SSSR count). The molecular formula is C13H15ClN2O. The van der Waals surface area contributed by atoms with Gasteiger partial charge in [-0.25, -0.2) is 9.97 Å². The van der Waals surface area contributed by atoms with Gasteiger partial charge in [0.15, 0.2) is 0 Å². The Balaban J connectivity index is 1.73. The molecule has 0 aromatic carbocycles. The molecule has 2 bridgehead atoms. The maximum Gasteiger partial charge on any atom is 0.136 e. The van der Waals surface area contributed by atoms with Crippen molar-refractivity contribution in [1.29, 1.82) is 0 Å². The second-order valence-electron chi connectivity index (χ2n) is 5.37. The molecule has 3 atom stereocenters. The maximum atomic E-state index is 6.26. The molecule has 17 heavy (non-hydrogen) atoms. The van der Waals surface area contributed by atoms with E-state index in [-0.39, 0.29) is 0 Å². The Morgan fingerprint density at radius 2 is 2.12 bits per heavy atom. The predicted molar refractivity (Wildman–Crippen MR) is 64.3 cm³/mol. The van der Waals surface area contributed by atoms with Crippen molar-refractivity contribution >= 4 is 11.6 Å². The molecule has 1 aromatic heterocycles. The molecule has 3 unspecified atom stereocenters. The average Bonchev–Trinajstić information content (AvgIpc) is 3.04. The summed E-state index contributed by atoms with van der Waals surface area (Å²) in [6, 6.07) is 0. The van der Waals surface area contributed by atoms with Crippen molar-refractivity contribution in [3.63, 3.8) is 0 Å². The zero-order chi connectivity index (χ0) is 11.4. The van der Waals surface area contributed by atoms with Gasteiger partial charge in [-0.2, -0.15) is 0 Å². The molecule has 0 saturated carbocycles. The molecule has 2 saturated heterocycles. The molecule has 1 aromatic rings. The molecule has 3 nitrogen and oxygen atoms in total. The van der Waals surface area contributed by atoms with Crippen molar-refractivity contribution in [2.45, 2.75) is 56.7 Å². The highest BCUT2D eigenvalue weighted by Gasteiger charge is 2.43. The summed E-state index contributed by atoms with van der Waals surface area (Å²) < 4.78 is 5.88. The normalized spacial score (nSPS) is 34.3. The van der Waals surface area contributed by atoms with Gasteiger partial charge in [-0.1, -0.05) is 11.6 Å². The van der Waals surface area contributed by atoms with Crippen LogP contribution in [0.4, 0.5) is 0 Å². The van der Waals surface area contributed by atoms with Crippen molar-refractivity contribution in [2.24, 2.45) is 0 Å². The number of nitrogens with zero attached hydrogens (tertiary/aromatic N) is 2. The lowest BCUT2D eigenvalue weighted by atomic mass is 9.88. The van der Waals surface area contributed by atoms with Gasteiger partial charge in [-0.05, 0) is 38.5 Å². The molecule has 2 aliphatic heterocycles. The molecule has 90 valence electrons. The van der Waals surface area contributed by atoms with Gasteiger partial charge in [0.05, 0.1) is 12.2 Å². The van der Waals surface area contributed by atoms with E-state index < -0.39 is 0 Å². The van der Waals surface area contributed by atoms with E-state index in [0.717, 1.165) is 31.5 Å². The van der Waals surface area contributed by atoms with Crippen molar-refractivity contribution in [3.8, 4) is 0 Å². The molecule has 0 N–H and O–H groups in total. The lowest BCUT2D eigenvalue weighted by Gasteiger charge is -2.18. The predicted octanol–water partition coefficient (Wildman–Crippen LogP) is 2.65. The van der Waals surface area contributed by atoms with E-state index in [4.69, 9.17) is 21.3 Å². The summed E-state index contributed by atoms with van der Waals surface area (Å²) >= 11 is 6.26. The standard InChI is InChI=1S/C13H15ClN2O/c14-12-8-2-1-3-10(8)15-13(16-12)9-6-7-4-5-11(9)17-7/h7,9,11H,1-6H2. The quantitative estimate of drug-likeness (QED) is 0.719. The van der Waals surface area contributed by atoms with Crippen LogP contribution < -0.4 is 0 Å². The van der Waals surface area contributed by atoms with E-state index in [9.17, 15) is 0 Å². The summed E-state index contributed by atoms with van der Waals surface area (Å²) in [6.07, 6.45) is 7.51. The van der Waals surface area contributed by atoms with E-state index >= 15 is 0 Å². The first-order valence-electron chi connectivity index (χ1n) is 6.52. The highest BCUT2D eigenvalue weighted by atomic mass is 35.5. The number of hydrogen-bond acceptors (Lipinski definition) is 3. The van der Waals surface area contributed by atoms with Crippen LogP contribution >= 0.6 is 11.6 Å². The van der Waals surface area contributed by atoms with Crippen LogP contribution in [0.2, 0.25) is 5.15 Å².